The van der Waals surface area contributed by atoms with E-state index < -0.39 is 11.5 Å². The second-order valence-electron chi connectivity index (χ2n) is 5.98. The number of ether oxygens (including phenoxy) is 1. The molecule has 1 amide bonds. The van der Waals surface area contributed by atoms with Crippen molar-refractivity contribution in [2.24, 2.45) is 0 Å². The average molecular weight is 374 g/mol. The van der Waals surface area contributed by atoms with Gasteiger partial charge in [0.15, 0.2) is 0 Å². The van der Waals surface area contributed by atoms with Crippen LogP contribution in [0.5, 0.6) is 0 Å². The summed E-state index contributed by atoms with van der Waals surface area (Å²) in [6.07, 6.45) is 1.43. The Kier molecular flexibility index (Phi) is 5.33. The minimum Gasteiger partial charge on any atom is -0.384 e. The predicted octanol–water partition coefficient (Wildman–Crippen LogP) is 1.56. The Morgan fingerprint density at radius 1 is 1.50 bits per heavy atom. The molecular weight excluding hydrogens is 354 g/mol. The minimum atomic E-state index is -0.499. The Bertz CT molecular complexity index is 558. The van der Waals surface area contributed by atoms with Crippen LogP contribution < -0.4 is 0 Å². The van der Waals surface area contributed by atoms with E-state index in [1.54, 1.807) is 12.0 Å². The molecule has 8 heteroatoms. The number of likely N-dealkylation sites (tertiary alicyclic amines) is 1. The van der Waals surface area contributed by atoms with Crippen molar-refractivity contribution in [3.8, 4) is 0 Å². The van der Waals surface area contributed by atoms with E-state index in [2.05, 4.69) is 26.1 Å². The Balaban J connectivity index is 2.17. The number of halogens is 1. The molecule has 0 radical (unpaired) electrons. The van der Waals surface area contributed by atoms with Crippen molar-refractivity contribution in [1.82, 2.24) is 15.0 Å². The summed E-state index contributed by atoms with van der Waals surface area (Å²) in [4.78, 5) is 30.2. The predicted molar refractivity (Wildman–Crippen MR) is 82.1 cm³/mol. The molecule has 0 bridgehead atoms. The highest BCUT2D eigenvalue weighted by Gasteiger charge is 2.37. The Morgan fingerprint density at radius 2 is 2.23 bits per heavy atom. The Labute approximate surface area is 137 Å². The first-order chi connectivity index (χ1) is 10.4. The molecule has 1 aliphatic rings. The van der Waals surface area contributed by atoms with Gasteiger partial charge in [-0.05, 0) is 26.7 Å². The monoisotopic (exact) mass is 373 g/mol. The first-order valence-corrected chi connectivity index (χ1v) is 8.25. The lowest BCUT2D eigenvalue weighted by Gasteiger charge is -2.21. The van der Waals surface area contributed by atoms with Crippen molar-refractivity contribution in [3.63, 3.8) is 0 Å². The van der Waals surface area contributed by atoms with Gasteiger partial charge in [-0.2, -0.15) is 4.98 Å². The van der Waals surface area contributed by atoms with Gasteiger partial charge in [0.1, 0.15) is 0 Å². The van der Waals surface area contributed by atoms with Gasteiger partial charge in [0.25, 0.3) is 0 Å². The van der Waals surface area contributed by atoms with Crippen LogP contribution in [0.3, 0.4) is 0 Å². The number of aromatic nitrogens is 2. The maximum absolute atomic E-state index is 12.6. The molecule has 0 aromatic carbocycles. The van der Waals surface area contributed by atoms with E-state index in [-0.39, 0.29) is 22.8 Å². The molecule has 0 saturated carbocycles. The summed E-state index contributed by atoms with van der Waals surface area (Å²) in [5.74, 6) is 0.0156. The third kappa shape index (κ3) is 3.38. The Morgan fingerprint density at radius 3 is 2.86 bits per heavy atom. The summed E-state index contributed by atoms with van der Waals surface area (Å²) in [5, 5.41) is 3.99. The molecule has 0 spiro atoms. The molecule has 1 saturated heterocycles. The van der Waals surface area contributed by atoms with Crippen molar-refractivity contribution < 1.29 is 18.8 Å². The van der Waals surface area contributed by atoms with Crippen molar-refractivity contribution >= 4 is 27.6 Å². The third-order valence-corrected chi connectivity index (χ3v) is 4.20. The highest BCUT2D eigenvalue weighted by Crippen LogP contribution is 2.24. The van der Waals surface area contributed by atoms with Gasteiger partial charge in [-0.25, -0.2) is 0 Å². The average Bonchev–Trinajstić information content (AvgIpc) is 3.15. The van der Waals surface area contributed by atoms with E-state index in [1.165, 1.54) is 0 Å². The van der Waals surface area contributed by atoms with Crippen LogP contribution in [0.15, 0.2) is 4.52 Å². The van der Waals surface area contributed by atoms with Gasteiger partial charge in [0.05, 0.1) is 23.4 Å². The number of amides is 1. The lowest BCUT2D eigenvalue weighted by molar-refractivity contribution is -0.128. The molecule has 1 atom stereocenters. The van der Waals surface area contributed by atoms with Crippen LogP contribution in [-0.2, 0) is 14.9 Å². The first-order valence-electron chi connectivity index (χ1n) is 7.13. The highest BCUT2D eigenvalue weighted by molar-refractivity contribution is 9.09. The summed E-state index contributed by atoms with van der Waals surface area (Å²) in [6, 6.07) is -0.499. The van der Waals surface area contributed by atoms with Gasteiger partial charge < -0.3 is 14.2 Å². The van der Waals surface area contributed by atoms with Gasteiger partial charge in [0, 0.05) is 13.7 Å². The van der Waals surface area contributed by atoms with Gasteiger partial charge in [0.2, 0.25) is 23.4 Å². The molecule has 7 nitrogen and oxygen atoms in total. The topological polar surface area (TPSA) is 85.5 Å². The number of Topliss-reactive ketones (excluding diaryl/α,β-unsaturated/α-hetero) is 1. The fourth-order valence-corrected chi connectivity index (χ4v) is 2.91. The number of methoxy groups -OCH3 is 1. The van der Waals surface area contributed by atoms with Crippen LogP contribution in [0.4, 0.5) is 0 Å². The number of alkyl halides is 1. The number of ketones is 1. The third-order valence-electron chi connectivity index (χ3n) is 3.72. The van der Waals surface area contributed by atoms with Crippen LogP contribution in [-0.4, -0.2) is 58.4 Å². The number of rotatable bonds is 6. The number of carbonyl (C=O) groups excluding carboxylic acids is 2. The standard InChI is InChI=1S/C14H20BrN3O4/c1-14(2,8-21-3)13-16-12(17-22-13)11(20)9-5-4-6-18(9)10(19)7-15/h9H,4-8H2,1-3H3. The zero-order chi connectivity index (χ0) is 16.3. The summed E-state index contributed by atoms with van der Waals surface area (Å²) >= 11 is 3.14. The normalized spacial score (nSPS) is 18.7. The summed E-state index contributed by atoms with van der Waals surface area (Å²) < 4.78 is 10.3. The maximum Gasteiger partial charge on any atom is 0.240 e. The highest BCUT2D eigenvalue weighted by atomic mass is 79.9. The fourth-order valence-electron chi connectivity index (χ4n) is 2.58. The van der Waals surface area contributed by atoms with Crippen LogP contribution in [0.1, 0.15) is 43.2 Å². The number of nitrogens with zero attached hydrogens (tertiary/aromatic N) is 3. The van der Waals surface area contributed by atoms with E-state index in [4.69, 9.17) is 9.26 Å². The zero-order valence-electron chi connectivity index (χ0n) is 13.0. The second-order valence-corrected chi connectivity index (χ2v) is 6.54. The van der Waals surface area contributed by atoms with Crippen LogP contribution in [0.2, 0.25) is 0 Å². The van der Waals surface area contributed by atoms with E-state index in [1.807, 2.05) is 13.8 Å². The van der Waals surface area contributed by atoms with Crippen LogP contribution in [0, 0.1) is 0 Å². The van der Waals surface area contributed by atoms with Crippen LogP contribution in [0.25, 0.3) is 0 Å². The van der Waals surface area contributed by atoms with Crippen molar-refractivity contribution in [1.29, 1.82) is 0 Å². The number of hydrogen-bond donors (Lipinski definition) is 0. The minimum absolute atomic E-state index is 0.0263. The molecule has 22 heavy (non-hydrogen) atoms. The summed E-state index contributed by atoms with van der Waals surface area (Å²) in [6.45, 7) is 4.78. The fraction of sp³-hybridized carbons (Fsp3) is 0.714. The van der Waals surface area contributed by atoms with Gasteiger partial charge in [-0.15, -0.1) is 0 Å². The van der Waals surface area contributed by atoms with Gasteiger partial charge >= 0.3 is 0 Å². The molecule has 122 valence electrons. The summed E-state index contributed by atoms with van der Waals surface area (Å²) in [5.41, 5.74) is -0.471. The Hall–Kier alpha value is -1.28. The molecule has 0 aliphatic carbocycles. The number of carbonyl (C=O) groups is 2. The van der Waals surface area contributed by atoms with E-state index in [0.717, 1.165) is 6.42 Å². The van der Waals surface area contributed by atoms with Crippen molar-refractivity contribution in [2.45, 2.75) is 38.1 Å². The molecule has 2 rings (SSSR count). The van der Waals surface area contributed by atoms with E-state index in [9.17, 15) is 9.59 Å². The molecular formula is C14H20BrN3O4. The molecule has 1 aromatic rings. The van der Waals surface area contributed by atoms with E-state index in [0.29, 0.717) is 25.5 Å². The summed E-state index contributed by atoms with van der Waals surface area (Å²) in [7, 11) is 1.59. The molecule has 0 N–H and O–H groups in total. The van der Waals surface area contributed by atoms with Crippen LogP contribution >= 0.6 is 15.9 Å². The van der Waals surface area contributed by atoms with Gasteiger partial charge in [-0.1, -0.05) is 21.1 Å². The first kappa shape index (κ1) is 17.1. The molecule has 1 unspecified atom stereocenters. The molecule has 2 heterocycles. The van der Waals surface area contributed by atoms with Crippen molar-refractivity contribution in [2.75, 3.05) is 25.6 Å². The smallest absolute Gasteiger partial charge is 0.240 e. The lowest BCUT2D eigenvalue weighted by Crippen LogP contribution is -2.41. The number of hydrogen-bond acceptors (Lipinski definition) is 6. The molecule has 1 fully saturated rings. The zero-order valence-corrected chi connectivity index (χ0v) is 14.6. The quantitative estimate of drug-likeness (QED) is 0.555. The van der Waals surface area contributed by atoms with E-state index >= 15 is 0 Å². The molecule has 1 aliphatic heterocycles. The molecule has 1 aromatic heterocycles. The van der Waals surface area contributed by atoms with Gasteiger partial charge in [-0.3, -0.25) is 9.59 Å². The lowest BCUT2D eigenvalue weighted by atomic mass is 9.95. The largest absolute Gasteiger partial charge is 0.384 e. The van der Waals surface area contributed by atoms with Crippen molar-refractivity contribution in [3.05, 3.63) is 11.7 Å². The maximum atomic E-state index is 12.6. The SMILES string of the molecule is COCC(C)(C)c1nc(C(=O)C2CCCN2C(=O)CBr)no1. The second kappa shape index (κ2) is 6.87.